The van der Waals surface area contributed by atoms with Gasteiger partial charge in [0.25, 0.3) is 0 Å². The zero-order valence-corrected chi connectivity index (χ0v) is 12.7. The Hall–Kier alpha value is -0.160. The van der Waals surface area contributed by atoms with E-state index in [4.69, 9.17) is 4.74 Å². The van der Waals surface area contributed by atoms with E-state index in [2.05, 4.69) is 29.0 Å². The van der Waals surface area contributed by atoms with Crippen molar-refractivity contribution in [3.63, 3.8) is 0 Å². The van der Waals surface area contributed by atoms with E-state index >= 15 is 0 Å². The molecule has 2 heterocycles. The van der Waals surface area contributed by atoms with Crippen molar-refractivity contribution in [1.29, 1.82) is 0 Å². The Balaban J connectivity index is 1.71. The lowest BCUT2D eigenvalue weighted by Gasteiger charge is -2.35. The quantitative estimate of drug-likeness (QED) is 0.779. The van der Waals surface area contributed by atoms with Gasteiger partial charge in [0.2, 0.25) is 0 Å². The third-order valence-corrected chi connectivity index (χ3v) is 4.49. The number of hydrogen-bond donors (Lipinski definition) is 1. The van der Waals surface area contributed by atoms with Crippen LogP contribution in [0, 0.1) is 5.92 Å². The van der Waals surface area contributed by atoms with Crippen molar-refractivity contribution in [2.75, 3.05) is 59.0 Å². The van der Waals surface area contributed by atoms with Gasteiger partial charge in [0, 0.05) is 38.8 Å². The summed E-state index contributed by atoms with van der Waals surface area (Å²) in [7, 11) is 0. The highest BCUT2D eigenvalue weighted by Crippen LogP contribution is 2.15. The minimum atomic E-state index is 0.663. The minimum absolute atomic E-state index is 0.663. The van der Waals surface area contributed by atoms with E-state index in [0.29, 0.717) is 6.04 Å². The van der Waals surface area contributed by atoms with Crippen LogP contribution in [0.5, 0.6) is 0 Å². The third kappa shape index (κ3) is 5.38. The van der Waals surface area contributed by atoms with Gasteiger partial charge in [-0.3, -0.25) is 9.80 Å². The normalized spacial score (nSPS) is 23.4. The molecule has 0 unspecified atom stereocenters. The summed E-state index contributed by atoms with van der Waals surface area (Å²) in [6.07, 6.45) is 2.70. The van der Waals surface area contributed by atoms with E-state index in [1.807, 2.05) is 0 Å². The smallest absolute Gasteiger partial charge is 0.0594 e. The number of hydrogen-bond acceptors (Lipinski definition) is 4. The van der Waals surface area contributed by atoms with E-state index in [-0.39, 0.29) is 0 Å². The van der Waals surface area contributed by atoms with Crippen LogP contribution < -0.4 is 5.32 Å². The van der Waals surface area contributed by atoms with Gasteiger partial charge in [-0.2, -0.15) is 0 Å². The lowest BCUT2D eigenvalue weighted by Crippen LogP contribution is -2.45. The van der Waals surface area contributed by atoms with Crippen molar-refractivity contribution in [1.82, 2.24) is 15.1 Å². The molecule has 2 saturated heterocycles. The summed E-state index contributed by atoms with van der Waals surface area (Å²) >= 11 is 0. The SMILES string of the molecule is CC(C)N(CCN1CCOCC1)CC1CCNCC1. The molecule has 0 radical (unpaired) electrons. The second kappa shape index (κ2) is 8.20. The monoisotopic (exact) mass is 269 g/mol. The number of ether oxygens (including phenoxy) is 1. The van der Waals surface area contributed by atoms with Crippen molar-refractivity contribution >= 4 is 0 Å². The molecule has 2 aliphatic rings. The summed E-state index contributed by atoms with van der Waals surface area (Å²) in [5.74, 6) is 0.897. The van der Waals surface area contributed by atoms with Crippen LogP contribution in [0.3, 0.4) is 0 Å². The maximum atomic E-state index is 5.41. The first-order chi connectivity index (χ1) is 9.25. The molecule has 4 nitrogen and oxygen atoms in total. The highest BCUT2D eigenvalue weighted by Gasteiger charge is 2.20. The van der Waals surface area contributed by atoms with E-state index in [1.54, 1.807) is 0 Å². The zero-order chi connectivity index (χ0) is 13.5. The summed E-state index contributed by atoms with van der Waals surface area (Å²) in [5, 5.41) is 3.46. The molecule has 1 N–H and O–H groups in total. The number of rotatable bonds is 6. The molecule has 19 heavy (non-hydrogen) atoms. The Labute approximate surface area is 118 Å². The van der Waals surface area contributed by atoms with Crippen LogP contribution in [-0.4, -0.2) is 74.9 Å². The second-order valence-corrected chi connectivity index (χ2v) is 6.24. The fourth-order valence-corrected chi connectivity index (χ4v) is 3.05. The number of nitrogens with zero attached hydrogens (tertiary/aromatic N) is 2. The molecule has 0 aromatic carbocycles. The standard InChI is InChI=1S/C15H31N3O/c1-14(2)18(13-15-3-5-16-6-4-15)8-7-17-9-11-19-12-10-17/h14-16H,3-13H2,1-2H3. The second-order valence-electron chi connectivity index (χ2n) is 6.24. The predicted octanol–water partition coefficient (Wildman–Crippen LogP) is 1.03. The van der Waals surface area contributed by atoms with Gasteiger partial charge < -0.3 is 10.1 Å². The zero-order valence-electron chi connectivity index (χ0n) is 12.7. The lowest BCUT2D eigenvalue weighted by molar-refractivity contribution is 0.0301. The molecule has 0 aromatic rings. The lowest BCUT2D eigenvalue weighted by atomic mass is 9.97. The molecular formula is C15H31N3O. The molecule has 0 atom stereocenters. The number of morpholine rings is 1. The van der Waals surface area contributed by atoms with Crippen LogP contribution in [0.25, 0.3) is 0 Å². The van der Waals surface area contributed by atoms with Crippen LogP contribution in [0.2, 0.25) is 0 Å². The molecule has 0 spiro atoms. The maximum Gasteiger partial charge on any atom is 0.0594 e. The molecule has 2 rings (SSSR count). The van der Waals surface area contributed by atoms with Gasteiger partial charge in [-0.05, 0) is 45.7 Å². The Morgan fingerprint density at radius 2 is 1.89 bits per heavy atom. The van der Waals surface area contributed by atoms with E-state index in [9.17, 15) is 0 Å². The van der Waals surface area contributed by atoms with Crippen LogP contribution in [0.1, 0.15) is 26.7 Å². The summed E-state index contributed by atoms with van der Waals surface area (Å²) in [5.41, 5.74) is 0. The topological polar surface area (TPSA) is 27.7 Å². The first kappa shape index (κ1) is 15.2. The average Bonchev–Trinajstić information content (AvgIpc) is 2.45. The largest absolute Gasteiger partial charge is 0.379 e. The number of piperidine rings is 1. The average molecular weight is 269 g/mol. The van der Waals surface area contributed by atoms with Crippen LogP contribution in [0.15, 0.2) is 0 Å². The van der Waals surface area contributed by atoms with Gasteiger partial charge in [-0.1, -0.05) is 0 Å². The first-order valence-corrected chi connectivity index (χ1v) is 8.00. The van der Waals surface area contributed by atoms with Crippen LogP contribution in [-0.2, 0) is 4.74 Å². The minimum Gasteiger partial charge on any atom is -0.379 e. The van der Waals surface area contributed by atoms with Crippen LogP contribution in [0.4, 0.5) is 0 Å². The summed E-state index contributed by atoms with van der Waals surface area (Å²) in [6, 6.07) is 0.663. The molecule has 2 fully saturated rings. The van der Waals surface area contributed by atoms with Gasteiger partial charge in [-0.25, -0.2) is 0 Å². The Morgan fingerprint density at radius 1 is 1.21 bits per heavy atom. The van der Waals surface area contributed by atoms with Crippen LogP contribution >= 0.6 is 0 Å². The van der Waals surface area contributed by atoms with E-state index in [0.717, 1.165) is 32.2 Å². The summed E-state index contributed by atoms with van der Waals surface area (Å²) in [6.45, 7) is 14.8. The third-order valence-electron chi connectivity index (χ3n) is 4.49. The molecule has 0 aliphatic carbocycles. The van der Waals surface area contributed by atoms with Gasteiger partial charge in [-0.15, -0.1) is 0 Å². The molecule has 0 bridgehead atoms. The molecule has 112 valence electrons. The first-order valence-electron chi connectivity index (χ1n) is 8.00. The van der Waals surface area contributed by atoms with Gasteiger partial charge in [0.1, 0.15) is 0 Å². The molecule has 4 heteroatoms. The Morgan fingerprint density at radius 3 is 2.53 bits per heavy atom. The Bertz CT molecular complexity index is 236. The number of nitrogens with one attached hydrogen (secondary N) is 1. The fraction of sp³-hybridized carbons (Fsp3) is 1.00. The van der Waals surface area contributed by atoms with E-state index in [1.165, 1.54) is 45.6 Å². The molecular weight excluding hydrogens is 238 g/mol. The van der Waals surface area contributed by atoms with Crippen molar-refractivity contribution < 1.29 is 4.74 Å². The van der Waals surface area contributed by atoms with Gasteiger partial charge in [0.15, 0.2) is 0 Å². The van der Waals surface area contributed by atoms with E-state index < -0.39 is 0 Å². The maximum absolute atomic E-state index is 5.41. The Kier molecular flexibility index (Phi) is 6.57. The van der Waals surface area contributed by atoms with Gasteiger partial charge >= 0.3 is 0 Å². The molecule has 2 aliphatic heterocycles. The van der Waals surface area contributed by atoms with Crippen molar-refractivity contribution in [2.24, 2.45) is 5.92 Å². The predicted molar refractivity (Wildman–Crippen MR) is 79.6 cm³/mol. The van der Waals surface area contributed by atoms with Crippen molar-refractivity contribution in [3.8, 4) is 0 Å². The highest BCUT2D eigenvalue weighted by atomic mass is 16.5. The fourth-order valence-electron chi connectivity index (χ4n) is 3.05. The summed E-state index contributed by atoms with van der Waals surface area (Å²) < 4.78 is 5.41. The highest BCUT2D eigenvalue weighted by molar-refractivity contribution is 4.75. The molecule has 0 amide bonds. The van der Waals surface area contributed by atoms with Gasteiger partial charge in [0.05, 0.1) is 13.2 Å². The molecule has 0 aromatic heterocycles. The van der Waals surface area contributed by atoms with Crippen molar-refractivity contribution in [3.05, 3.63) is 0 Å². The van der Waals surface area contributed by atoms with Crippen molar-refractivity contribution in [2.45, 2.75) is 32.7 Å². The summed E-state index contributed by atoms with van der Waals surface area (Å²) in [4.78, 5) is 5.22. The molecule has 0 saturated carbocycles.